The predicted octanol–water partition coefficient (Wildman–Crippen LogP) is 7.09. The number of likely N-dealkylation sites (N-methyl/N-ethyl adjacent to an activating group) is 1. The third-order valence-electron chi connectivity index (χ3n) is 13.4. The van der Waals surface area contributed by atoms with E-state index in [-0.39, 0.29) is 55.9 Å². The molecule has 3 aromatic carbocycles. The van der Waals surface area contributed by atoms with E-state index in [1.165, 1.54) is 7.11 Å². The smallest absolute Gasteiger partial charge is 0.493 e. The Morgan fingerprint density at radius 1 is 0.985 bits per heavy atom. The van der Waals surface area contributed by atoms with E-state index in [9.17, 15) is 10.1 Å². The van der Waals surface area contributed by atoms with Crippen LogP contribution in [-0.4, -0.2) is 106 Å². The Balaban J connectivity index is 1.27. The van der Waals surface area contributed by atoms with E-state index in [4.69, 9.17) is 42.6 Å². The Morgan fingerprint density at radius 3 is 2.42 bits per heavy atom. The van der Waals surface area contributed by atoms with Crippen molar-refractivity contribution in [3.63, 3.8) is 0 Å². The first kappa shape index (κ1) is 44.6. The molecule has 0 amide bonds. The fraction of sp³-hybridized carbons (Fsp3) is 0.490. The highest BCUT2D eigenvalue weighted by Crippen LogP contribution is 2.65. The third-order valence-corrected chi connectivity index (χ3v) is 14.9. The van der Waals surface area contributed by atoms with Crippen LogP contribution in [0, 0.1) is 25.2 Å². The molecular weight excluding hydrogens is 853 g/mol. The molecule has 7 heterocycles. The van der Waals surface area contributed by atoms with E-state index in [0.717, 1.165) is 38.9 Å². The molecule has 2 fully saturated rings. The average molecular weight is 909 g/mol. The van der Waals surface area contributed by atoms with E-state index in [1.54, 1.807) is 63.9 Å². The van der Waals surface area contributed by atoms with Crippen LogP contribution in [-0.2, 0) is 32.6 Å². The molecule has 0 saturated carbocycles. The van der Waals surface area contributed by atoms with Gasteiger partial charge in [0.25, 0.3) is 0 Å². The summed E-state index contributed by atoms with van der Waals surface area (Å²) in [5, 5.41) is 14.5. The summed E-state index contributed by atoms with van der Waals surface area (Å²) >= 11 is 1.59. The SMILES string of the molecule is C=CCOc1c(C)c2c(c3c1[C@H]1SC[C@]4(NCCc5cc(OC(=O)OC(C)(C)C)c(OC)cc54)C(=O)OC[C@H]3N3C1[C@H]1c4c(cc(C)c(OC)c4OCC=C)C[C@H]([C@@H]3C#N)N1C)OCO2. The van der Waals surface area contributed by atoms with Gasteiger partial charge in [0.15, 0.2) is 40.0 Å². The summed E-state index contributed by atoms with van der Waals surface area (Å²) in [6.07, 6.45) is 3.66. The second-order valence-corrected chi connectivity index (χ2v) is 19.4. The Bertz CT molecular complexity index is 2520. The van der Waals surface area contributed by atoms with Gasteiger partial charge < -0.3 is 42.6 Å². The lowest BCUT2D eigenvalue weighted by molar-refractivity contribution is -0.157. The number of fused-ring (bicyclic) bond motifs is 9. The van der Waals surface area contributed by atoms with Gasteiger partial charge in [0.2, 0.25) is 6.79 Å². The highest BCUT2D eigenvalue weighted by atomic mass is 32.2. The molecule has 7 aliphatic heterocycles. The summed E-state index contributed by atoms with van der Waals surface area (Å²) in [6, 6.07) is 6.08. The van der Waals surface area contributed by atoms with Crippen molar-refractivity contribution in [1.29, 1.82) is 5.26 Å². The van der Waals surface area contributed by atoms with Crippen LogP contribution in [0.25, 0.3) is 0 Å². The van der Waals surface area contributed by atoms with Gasteiger partial charge in [-0.05, 0) is 88.9 Å². The number of piperazine rings is 1. The molecule has 0 aromatic heterocycles. The van der Waals surface area contributed by atoms with Gasteiger partial charge in [0.05, 0.1) is 37.6 Å². The van der Waals surface area contributed by atoms with Gasteiger partial charge in [-0.3, -0.25) is 15.1 Å². The van der Waals surface area contributed by atoms with Crippen molar-refractivity contribution < 1.29 is 52.2 Å². The van der Waals surface area contributed by atoms with E-state index < -0.39 is 46.6 Å². The minimum Gasteiger partial charge on any atom is -0.493 e. The number of ether oxygens (including phenoxy) is 9. The molecule has 1 N–H and O–H groups in total. The Hall–Kier alpha value is -5.60. The number of rotatable bonds is 9. The van der Waals surface area contributed by atoms with Crippen molar-refractivity contribution in [1.82, 2.24) is 15.1 Å². The van der Waals surface area contributed by atoms with E-state index in [0.29, 0.717) is 53.7 Å². The number of carbonyl (C=O) groups excluding carboxylic acids is 2. The maximum Gasteiger partial charge on any atom is 0.514 e. The molecule has 344 valence electrons. The summed E-state index contributed by atoms with van der Waals surface area (Å²) in [5.74, 6) is 3.14. The Kier molecular flexibility index (Phi) is 11.7. The average Bonchev–Trinajstić information content (AvgIpc) is 3.76. The lowest BCUT2D eigenvalue weighted by Crippen LogP contribution is -2.69. The predicted molar refractivity (Wildman–Crippen MR) is 242 cm³/mol. The number of nitrogens with one attached hydrogen (secondary N) is 1. The van der Waals surface area contributed by atoms with Gasteiger partial charge in [-0.1, -0.05) is 31.4 Å². The molecule has 10 rings (SSSR count). The second-order valence-electron chi connectivity index (χ2n) is 18.2. The molecule has 0 aliphatic carbocycles. The number of nitrogens with zero attached hydrogens (tertiary/aromatic N) is 3. The molecular formula is C49H56N4O11S. The van der Waals surface area contributed by atoms with Crippen LogP contribution in [0.1, 0.15) is 82.6 Å². The van der Waals surface area contributed by atoms with Gasteiger partial charge >= 0.3 is 12.1 Å². The second kappa shape index (κ2) is 17.0. The molecule has 4 bridgehead atoms. The van der Waals surface area contributed by atoms with E-state index >= 15 is 4.79 Å². The Morgan fingerprint density at radius 2 is 1.72 bits per heavy atom. The molecule has 65 heavy (non-hydrogen) atoms. The molecule has 0 radical (unpaired) electrons. The monoisotopic (exact) mass is 908 g/mol. The summed E-state index contributed by atoms with van der Waals surface area (Å²) in [5.41, 5.74) is 4.70. The normalized spacial score (nSPS) is 26.3. The molecule has 1 unspecified atom stereocenters. The minimum absolute atomic E-state index is 0.00125. The van der Waals surface area contributed by atoms with Crippen molar-refractivity contribution in [3.8, 4) is 46.3 Å². The van der Waals surface area contributed by atoms with Gasteiger partial charge in [-0.2, -0.15) is 5.26 Å². The zero-order chi connectivity index (χ0) is 46.1. The van der Waals surface area contributed by atoms with Crippen LogP contribution >= 0.6 is 11.8 Å². The number of hydrogen-bond acceptors (Lipinski definition) is 16. The molecule has 1 spiro atoms. The summed E-state index contributed by atoms with van der Waals surface area (Å²) < 4.78 is 55.6. The molecule has 16 heteroatoms. The maximum atomic E-state index is 15.2. The number of thioether (sulfide) groups is 1. The van der Waals surface area contributed by atoms with E-state index in [2.05, 4.69) is 47.5 Å². The molecule has 2 saturated heterocycles. The molecule has 15 nitrogen and oxygen atoms in total. The maximum absolute atomic E-state index is 15.2. The number of carbonyl (C=O) groups is 2. The van der Waals surface area contributed by atoms with Crippen LogP contribution in [0.5, 0.6) is 40.2 Å². The van der Waals surface area contributed by atoms with Crippen molar-refractivity contribution in [2.75, 3.05) is 60.2 Å². The van der Waals surface area contributed by atoms with Crippen molar-refractivity contribution >= 4 is 23.9 Å². The minimum atomic E-state index is -1.38. The lowest BCUT2D eigenvalue weighted by atomic mass is 9.71. The number of hydrogen-bond donors (Lipinski definition) is 1. The number of methoxy groups -OCH3 is 2. The van der Waals surface area contributed by atoms with Crippen LogP contribution in [0.2, 0.25) is 0 Å². The fourth-order valence-electron chi connectivity index (χ4n) is 10.9. The zero-order valence-electron chi connectivity index (χ0n) is 38.2. The van der Waals surface area contributed by atoms with E-state index in [1.807, 2.05) is 13.8 Å². The summed E-state index contributed by atoms with van der Waals surface area (Å²) in [7, 11) is 5.23. The quantitative estimate of drug-likeness (QED) is 0.132. The van der Waals surface area contributed by atoms with Crippen molar-refractivity contribution in [3.05, 3.63) is 88.0 Å². The molecule has 3 aromatic rings. The van der Waals surface area contributed by atoms with Gasteiger partial charge in [-0.15, -0.1) is 11.8 Å². The van der Waals surface area contributed by atoms with Crippen LogP contribution in [0.15, 0.2) is 43.5 Å². The van der Waals surface area contributed by atoms with Crippen LogP contribution < -0.4 is 38.5 Å². The summed E-state index contributed by atoms with van der Waals surface area (Å²) in [6.45, 7) is 18.0. The number of benzene rings is 3. The first-order chi connectivity index (χ1) is 31.2. The summed E-state index contributed by atoms with van der Waals surface area (Å²) in [4.78, 5) is 32.7. The molecule has 7 atom stereocenters. The topological polar surface area (TPSA) is 160 Å². The van der Waals surface area contributed by atoms with Gasteiger partial charge in [0.1, 0.15) is 37.2 Å². The largest absolute Gasteiger partial charge is 0.514 e. The van der Waals surface area contributed by atoms with Crippen molar-refractivity contribution in [2.24, 2.45) is 0 Å². The standard InChI is InChI=1S/C49H56N4O11S/c1-11-15-58-41-26(4)42-44(62-24-61-42)36-32-22-60-46(54)49(29-20-33(56-9)34(19-27(29)13-14-51-49)63-47(55)64-48(5,6)7)23-65-45(37(36)41)39-38-35-28(18-30(52(38)8)31(21-50)53(32)39)17-25(3)40(57-10)43(35)59-16-12-2/h11-12,17,19-20,30-32,38-39,45,51H,1-2,13-16,18,22-24H2,3-10H3/t30-,31+,32-,38-,39?,45-,49-/m1/s1. The Labute approximate surface area is 383 Å². The number of aryl methyl sites for hydroxylation is 1. The number of esters is 1. The highest BCUT2D eigenvalue weighted by molar-refractivity contribution is 7.99. The zero-order valence-corrected chi connectivity index (χ0v) is 39.0. The third kappa shape index (κ3) is 7.13. The highest BCUT2D eigenvalue weighted by Gasteiger charge is 2.62. The van der Waals surface area contributed by atoms with Gasteiger partial charge in [-0.25, -0.2) is 9.59 Å². The number of nitriles is 1. The van der Waals surface area contributed by atoms with Gasteiger partial charge in [0, 0.05) is 46.6 Å². The first-order valence-corrected chi connectivity index (χ1v) is 22.9. The fourth-order valence-corrected chi connectivity index (χ4v) is 12.6. The lowest BCUT2D eigenvalue weighted by Gasteiger charge is -2.62. The van der Waals surface area contributed by atoms with Crippen LogP contribution in [0.4, 0.5) is 4.79 Å². The van der Waals surface area contributed by atoms with Crippen molar-refractivity contribution in [2.45, 2.75) is 94.1 Å². The first-order valence-electron chi connectivity index (χ1n) is 21.9. The molecule has 7 aliphatic rings. The van der Waals surface area contributed by atoms with Crippen LogP contribution in [0.3, 0.4) is 0 Å².